The third-order valence-electron chi connectivity index (χ3n) is 4.44. The van der Waals surface area contributed by atoms with E-state index in [9.17, 15) is 0 Å². The van der Waals surface area contributed by atoms with Gasteiger partial charge in [-0.2, -0.15) is 4.98 Å². The van der Waals surface area contributed by atoms with Crippen molar-refractivity contribution in [2.75, 3.05) is 13.7 Å². The molecule has 1 heterocycles. The SMILES string of the molecule is COCC(N)c1noc(C2CCC(C(C)(C)C)CC2)n1. The van der Waals surface area contributed by atoms with E-state index in [4.69, 9.17) is 15.0 Å². The molecule has 1 fully saturated rings. The van der Waals surface area contributed by atoms with Gasteiger partial charge in [0.05, 0.1) is 12.6 Å². The summed E-state index contributed by atoms with van der Waals surface area (Å²) in [6.45, 7) is 7.39. The fraction of sp³-hybridized carbons (Fsp3) is 0.867. The van der Waals surface area contributed by atoms with Crippen molar-refractivity contribution in [3.05, 3.63) is 11.7 Å². The summed E-state index contributed by atoms with van der Waals surface area (Å²) in [6, 6.07) is -0.302. The molecule has 0 bridgehead atoms. The third kappa shape index (κ3) is 3.58. The molecule has 1 unspecified atom stereocenters. The first-order chi connectivity index (χ1) is 9.41. The van der Waals surface area contributed by atoms with E-state index in [1.807, 2.05) is 0 Å². The van der Waals surface area contributed by atoms with Crippen LogP contribution in [-0.4, -0.2) is 23.9 Å². The first-order valence-electron chi connectivity index (χ1n) is 7.50. The van der Waals surface area contributed by atoms with Crippen molar-refractivity contribution in [1.82, 2.24) is 10.1 Å². The molecule has 0 aliphatic heterocycles. The summed E-state index contributed by atoms with van der Waals surface area (Å²) in [5, 5.41) is 3.99. The van der Waals surface area contributed by atoms with Crippen LogP contribution in [0.25, 0.3) is 0 Å². The molecule has 0 aromatic carbocycles. The van der Waals surface area contributed by atoms with Gasteiger partial charge in [-0.25, -0.2) is 0 Å². The van der Waals surface area contributed by atoms with Crippen molar-refractivity contribution in [3.63, 3.8) is 0 Å². The van der Waals surface area contributed by atoms with Crippen LogP contribution in [0.2, 0.25) is 0 Å². The number of nitrogens with two attached hydrogens (primary N) is 1. The molecule has 1 aromatic heterocycles. The zero-order valence-electron chi connectivity index (χ0n) is 13.1. The van der Waals surface area contributed by atoms with E-state index in [1.165, 1.54) is 12.8 Å². The number of methoxy groups -OCH3 is 1. The van der Waals surface area contributed by atoms with Gasteiger partial charge in [0, 0.05) is 13.0 Å². The normalized spacial score (nSPS) is 25.6. The van der Waals surface area contributed by atoms with Crippen LogP contribution < -0.4 is 5.73 Å². The van der Waals surface area contributed by atoms with Gasteiger partial charge in [0.25, 0.3) is 0 Å². The lowest BCUT2D eigenvalue weighted by Gasteiger charge is -2.35. The molecule has 0 amide bonds. The highest BCUT2D eigenvalue weighted by molar-refractivity contribution is 5.00. The second-order valence-electron chi connectivity index (χ2n) is 6.97. The molecule has 2 N–H and O–H groups in total. The summed E-state index contributed by atoms with van der Waals surface area (Å²) in [5.41, 5.74) is 6.31. The van der Waals surface area contributed by atoms with Crippen LogP contribution in [0.3, 0.4) is 0 Å². The van der Waals surface area contributed by atoms with Gasteiger partial charge in [-0.3, -0.25) is 0 Å². The first-order valence-corrected chi connectivity index (χ1v) is 7.50. The highest BCUT2D eigenvalue weighted by atomic mass is 16.5. The van der Waals surface area contributed by atoms with Gasteiger partial charge in [-0.1, -0.05) is 25.9 Å². The van der Waals surface area contributed by atoms with Crippen LogP contribution in [0.4, 0.5) is 0 Å². The summed E-state index contributed by atoms with van der Waals surface area (Å²) in [6.07, 6.45) is 4.72. The molecule has 1 atom stereocenters. The smallest absolute Gasteiger partial charge is 0.229 e. The Morgan fingerprint density at radius 2 is 1.95 bits per heavy atom. The average molecular weight is 281 g/mol. The van der Waals surface area contributed by atoms with Crippen molar-refractivity contribution < 1.29 is 9.26 Å². The Hall–Kier alpha value is -0.940. The second-order valence-corrected chi connectivity index (χ2v) is 6.97. The predicted molar refractivity (Wildman–Crippen MR) is 77.3 cm³/mol. The first kappa shape index (κ1) is 15.4. The van der Waals surface area contributed by atoms with E-state index in [-0.39, 0.29) is 6.04 Å². The van der Waals surface area contributed by atoms with Crippen molar-refractivity contribution >= 4 is 0 Å². The van der Waals surface area contributed by atoms with Crippen molar-refractivity contribution in [2.45, 2.75) is 58.4 Å². The van der Waals surface area contributed by atoms with Crippen molar-refractivity contribution in [2.24, 2.45) is 17.1 Å². The van der Waals surface area contributed by atoms with Gasteiger partial charge in [0.15, 0.2) is 5.82 Å². The highest BCUT2D eigenvalue weighted by Gasteiger charge is 2.32. The summed E-state index contributed by atoms with van der Waals surface area (Å²) < 4.78 is 10.4. The van der Waals surface area contributed by atoms with Crippen LogP contribution in [0.1, 0.15) is 70.1 Å². The monoisotopic (exact) mass is 281 g/mol. The lowest BCUT2D eigenvalue weighted by Crippen LogP contribution is -2.25. The van der Waals surface area contributed by atoms with E-state index in [0.717, 1.165) is 24.7 Å². The predicted octanol–water partition coefficient (Wildman–Crippen LogP) is 3.04. The number of hydrogen-bond acceptors (Lipinski definition) is 5. The summed E-state index contributed by atoms with van der Waals surface area (Å²) in [5.74, 6) is 2.49. The maximum Gasteiger partial charge on any atom is 0.229 e. The number of rotatable bonds is 4. The quantitative estimate of drug-likeness (QED) is 0.918. The van der Waals surface area contributed by atoms with Crippen LogP contribution in [0, 0.1) is 11.3 Å². The van der Waals surface area contributed by atoms with E-state index >= 15 is 0 Å². The Kier molecular flexibility index (Phi) is 4.81. The minimum atomic E-state index is -0.302. The molecule has 1 saturated carbocycles. The van der Waals surface area contributed by atoms with E-state index < -0.39 is 0 Å². The summed E-state index contributed by atoms with van der Waals surface area (Å²) in [7, 11) is 1.62. The Balaban J connectivity index is 1.94. The van der Waals surface area contributed by atoms with E-state index in [1.54, 1.807) is 7.11 Å². The minimum absolute atomic E-state index is 0.302. The van der Waals surface area contributed by atoms with Gasteiger partial charge in [-0.15, -0.1) is 0 Å². The van der Waals surface area contributed by atoms with E-state index in [0.29, 0.717) is 23.8 Å². The van der Waals surface area contributed by atoms with Crippen LogP contribution in [0.5, 0.6) is 0 Å². The largest absolute Gasteiger partial charge is 0.383 e. The lowest BCUT2D eigenvalue weighted by molar-refractivity contribution is 0.159. The molecule has 0 saturated heterocycles. The molecule has 0 radical (unpaired) electrons. The summed E-state index contributed by atoms with van der Waals surface area (Å²) in [4.78, 5) is 4.46. The maximum atomic E-state index is 5.92. The molecule has 1 aliphatic carbocycles. The molecule has 1 aliphatic rings. The van der Waals surface area contributed by atoms with Gasteiger partial charge >= 0.3 is 0 Å². The molecule has 1 aromatic rings. The van der Waals surface area contributed by atoms with Crippen LogP contribution in [0.15, 0.2) is 4.52 Å². The molecule has 20 heavy (non-hydrogen) atoms. The molecular weight excluding hydrogens is 254 g/mol. The minimum Gasteiger partial charge on any atom is -0.383 e. The number of ether oxygens (including phenoxy) is 1. The second kappa shape index (κ2) is 6.22. The molecule has 114 valence electrons. The maximum absolute atomic E-state index is 5.92. The molecule has 0 spiro atoms. The zero-order chi connectivity index (χ0) is 14.8. The standard InChI is InChI=1S/C15H27N3O2/c1-15(2,3)11-7-5-10(6-8-11)14-17-13(18-20-14)12(16)9-19-4/h10-12H,5-9,16H2,1-4H3. The average Bonchev–Trinajstić information content (AvgIpc) is 2.88. The topological polar surface area (TPSA) is 74.2 Å². The Bertz CT molecular complexity index is 417. The van der Waals surface area contributed by atoms with Crippen molar-refractivity contribution in [3.8, 4) is 0 Å². The molecule has 5 nitrogen and oxygen atoms in total. The fourth-order valence-corrected chi connectivity index (χ4v) is 3.02. The Labute approximate surface area is 121 Å². The highest BCUT2D eigenvalue weighted by Crippen LogP contribution is 2.42. The number of aromatic nitrogens is 2. The fourth-order valence-electron chi connectivity index (χ4n) is 3.02. The lowest BCUT2D eigenvalue weighted by atomic mass is 9.70. The van der Waals surface area contributed by atoms with Gasteiger partial charge < -0.3 is 15.0 Å². The summed E-state index contributed by atoms with van der Waals surface area (Å²) >= 11 is 0. The Morgan fingerprint density at radius 1 is 1.30 bits per heavy atom. The third-order valence-corrected chi connectivity index (χ3v) is 4.44. The number of nitrogens with zero attached hydrogens (tertiary/aromatic N) is 2. The number of hydrogen-bond donors (Lipinski definition) is 1. The van der Waals surface area contributed by atoms with Crippen LogP contribution >= 0.6 is 0 Å². The molecule has 5 heteroatoms. The van der Waals surface area contributed by atoms with Crippen LogP contribution in [-0.2, 0) is 4.74 Å². The van der Waals surface area contributed by atoms with Gasteiger partial charge in [0.2, 0.25) is 5.89 Å². The van der Waals surface area contributed by atoms with Crippen molar-refractivity contribution in [1.29, 1.82) is 0 Å². The van der Waals surface area contributed by atoms with Gasteiger partial charge in [-0.05, 0) is 37.0 Å². The molecular formula is C15H27N3O2. The Morgan fingerprint density at radius 3 is 2.50 bits per heavy atom. The molecule has 2 rings (SSSR count). The zero-order valence-corrected chi connectivity index (χ0v) is 13.1. The van der Waals surface area contributed by atoms with E-state index in [2.05, 4.69) is 30.9 Å². The van der Waals surface area contributed by atoms with Gasteiger partial charge in [0.1, 0.15) is 0 Å².